The highest BCUT2D eigenvalue weighted by atomic mass is 19.2. The highest BCUT2D eigenvalue weighted by molar-refractivity contribution is 5.75. The van der Waals surface area contributed by atoms with E-state index in [4.69, 9.17) is 26.2 Å². The molecule has 168 valence electrons. The summed E-state index contributed by atoms with van der Waals surface area (Å²) in [6.07, 6.45) is 0. The minimum Gasteiger partial charge on any atom is -0.493 e. The van der Waals surface area contributed by atoms with Crippen molar-refractivity contribution in [2.75, 3.05) is 24.4 Å². The van der Waals surface area contributed by atoms with Gasteiger partial charge < -0.3 is 30.7 Å². The van der Waals surface area contributed by atoms with Gasteiger partial charge in [-0.2, -0.15) is 4.39 Å². The molecule has 1 heterocycles. The molecule has 0 aliphatic rings. The van der Waals surface area contributed by atoms with Crippen molar-refractivity contribution in [2.24, 2.45) is 5.84 Å². The molecule has 0 bridgehead atoms. The molecule has 1 aromatic heterocycles. The molecule has 7 N–H and O–H groups in total. The number of ether oxygens (including phenoxy) is 2. The Kier molecular flexibility index (Phi) is 6.54. The summed E-state index contributed by atoms with van der Waals surface area (Å²) >= 11 is 0. The van der Waals surface area contributed by atoms with Crippen molar-refractivity contribution in [1.82, 2.24) is 9.97 Å². The van der Waals surface area contributed by atoms with E-state index in [0.717, 1.165) is 6.07 Å². The number of carboxylic acids is 1. The van der Waals surface area contributed by atoms with Gasteiger partial charge in [0.25, 0.3) is 5.56 Å². The number of aromatic amines is 1. The molecule has 2 aromatic carbocycles. The zero-order valence-electron chi connectivity index (χ0n) is 16.7. The van der Waals surface area contributed by atoms with Crippen LogP contribution in [0.25, 0.3) is 22.5 Å². The standard InChI is InChI=1S/C20H19F2N5O5/c1-2-31-13-6-9(10-5-12(21)16(22)14(7-10)32-8-15(28)29)3-4-11(13)18-25-19(27-24)17(23)20(30)26-18/h3-7H,2,8,23-24H2,1H3,(H,28,29)(H2,25,26,27,30). The number of aromatic nitrogens is 2. The SMILES string of the molecule is CCOc1cc(-c2cc(F)c(F)c(OCC(=O)O)c2)ccc1-c1nc(NN)c(N)c(=O)[nH]1. The van der Waals surface area contributed by atoms with Crippen molar-refractivity contribution in [3.63, 3.8) is 0 Å². The van der Waals surface area contributed by atoms with Gasteiger partial charge in [-0.05, 0) is 42.3 Å². The number of aliphatic carboxylic acids is 1. The average molecular weight is 447 g/mol. The largest absolute Gasteiger partial charge is 0.493 e. The fourth-order valence-electron chi connectivity index (χ4n) is 2.87. The molecule has 32 heavy (non-hydrogen) atoms. The number of hydrazine groups is 1. The fourth-order valence-corrected chi connectivity index (χ4v) is 2.87. The molecule has 0 fully saturated rings. The maximum atomic E-state index is 14.1. The summed E-state index contributed by atoms with van der Waals surface area (Å²) in [6, 6.07) is 6.74. The molecule has 0 radical (unpaired) electrons. The number of nitrogens with two attached hydrogens (primary N) is 2. The van der Waals surface area contributed by atoms with E-state index in [2.05, 4.69) is 15.4 Å². The number of halogens is 2. The van der Waals surface area contributed by atoms with Gasteiger partial charge in [-0.25, -0.2) is 20.0 Å². The molecular formula is C20H19F2N5O5. The van der Waals surface area contributed by atoms with Gasteiger partial charge >= 0.3 is 5.97 Å². The first-order valence-electron chi connectivity index (χ1n) is 9.22. The van der Waals surface area contributed by atoms with Crippen molar-refractivity contribution in [3.8, 4) is 34.0 Å². The first-order chi connectivity index (χ1) is 15.2. The lowest BCUT2D eigenvalue weighted by Crippen LogP contribution is -2.20. The topological polar surface area (TPSA) is 166 Å². The van der Waals surface area contributed by atoms with E-state index in [1.165, 1.54) is 12.1 Å². The summed E-state index contributed by atoms with van der Waals surface area (Å²) in [5, 5.41) is 8.72. The van der Waals surface area contributed by atoms with Crippen LogP contribution in [0, 0.1) is 11.6 Å². The fraction of sp³-hybridized carbons (Fsp3) is 0.150. The van der Waals surface area contributed by atoms with Crippen LogP contribution in [0.3, 0.4) is 0 Å². The predicted octanol–water partition coefficient (Wildman–Crippen LogP) is 2.11. The Hall–Kier alpha value is -4.19. The second-order valence-corrected chi connectivity index (χ2v) is 6.42. The zero-order valence-corrected chi connectivity index (χ0v) is 16.7. The third-order valence-electron chi connectivity index (χ3n) is 4.31. The van der Waals surface area contributed by atoms with Crippen molar-refractivity contribution < 1.29 is 28.2 Å². The maximum Gasteiger partial charge on any atom is 0.341 e. The van der Waals surface area contributed by atoms with Crippen LogP contribution >= 0.6 is 0 Å². The normalized spacial score (nSPS) is 10.6. The number of hydrogen-bond donors (Lipinski definition) is 5. The lowest BCUT2D eigenvalue weighted by atomic mass is 10.0. The van der Waals surface area contributed by atoms with Gasteiger partial charge in [0.05, 0.1) is 12.2 Å². The number of nitrogen functional groups attached to an aromatic ring is 2. The lowest BCUT2D eigenvalue weighted by Gasteiger charge is -2.14. The quantitative estimate of drug-likeness (QED) is 0.257. The number of nitrogens with zero attached hydrogens (tertiary/aromatic N) is 1. The van der Waals surface area contributed by atoms with E-state index in [9.17, 15) is 18.4 Å². The maximum absolute atomic E-state index is 14.1. The smallest absolute Gasteiger partial charge is 0.341 e. The Morgan fingerprint density at radius 2 is 1.91 bits per heavy atom. The number of carboxylic acid groups (broad SMARTS) is 1. The van der Waals surface area contributed by atoms with Crippen LogP contribution in [0.5, 0.6) is 11.5 Å². The summed E-state index contributed by atoms with van der Waals surface area (Å²) < 4.78 is 38.6. The third kappa shape index (κ3) is 4.59. The Morgan fingerprint density at radius 3 is 2.56 bits per heavy atom. The van der Waals surface area contributed by atoms with Gasteiger partial charge in [0, 0.05) is 0 Å². The van der Waals surface area contributed by atoms with Crippen molar-refractivity contribution in [2.45, 2.75) is 6.92 Å². The highest BCUT2D eigenvalue weighted by Gasteiger charge is 2.17. The summed E-state index contributed by atoms with van der Waals surface area (Å²) in [6.45, 7) is 1.15. The highest BCUT2D eigenvalue weighted by Crippen LogP contribution is 2.35. The molecule has 0 saturated heterocycles. The first-order valence-corrected chi connectivity index (χ1v) is 9.22. The van der Waals surface area contributed by atoms with Crippen LogP contribution in [0.4, 0.5) is 20.3 Å². The van der Waals surface area contributed by atoms with Gasteiger partial charge in [-0.1, -0.05) is 6.07 Å². The van der Waals surface area contributed by atoms with E-state index in [1.54, 1.807) is 19.1 Å². The lowest BCUT2D eigenvalue weighted by molar-refractivity contribution is -0.139. The molecule has 0 aliphatic heterocycles. The molecule has 0 saturated carbocycles. The summed E-state index contributed by atoms with van der Waals surface area (Å²) in [7, 11) is 0. The van der Waals surface area contributed by atoms with Gasteiger partial charge in [0.2, 0.25) is 5.82 Å². The number of hydrogen-bond acceptors (Lipinski definition) is 8. The molecule has 0 aliphatic carbocycles. The second kappa shape index (κ2) is 9.31. The second-order valence-electron chi connectivity index (χ2n) is 6.42. The number of carbonyl (C=O) groups is 1. The van der Waals surface area contributed by atoms with Gasteiger partial charge in [-0.15, -0.1) is 0 Å². The van der Waals surface area contributed by atoms with E-state index in [-0.39, 0.29) is 35.2 Å². The molecule has 0 atom stereocenters. The van der Waals surface area contributed by atoms with Gasteiger partial charge in [-0.3, -0.25) is 4.79 Å². The number of nitrogens with one attached hydrogen (secondary N) is 2. The molecule has 10 nitrogen and oxygen atoms in total. The number of rotatable bonds is 8. The monoisotopic (exact) mass is 447 g/mol. The van der Waals surface area contributed by atoms with E-state index < -0.39 is 35.5 Å². The van der Waals surface area contributed by atoms with Gasteiger partial charge in [0.15, 0.2) is 24.0 Å². The van der Waals surface area contributed by atoms with E-state index in [0.29, 0.717) is 11.1 Å². The first kappa shape index (κ1) is 22.5. The van der Waals surface area contributed by atoms with Crippen LogP contribution in [-0.4, -0.2) is 34.3 Å². The minimum atomic E-state index is -1.34. The molecule has 12 heteroatoms. The van der Waals surface area contributed by atoms with Crippen molar-refractivity contribution in [3.05, 3.63) is 52.3 Å². The average Bonchev–Trinajstić information content (AvgIpc) is 2.76. The molecule has 3 aromatic rings. The Morgan fingerprint density at radius 1 is 1.19 bits per heavy atom. The summed E-state index contributed by atoms with van der Waals surface area (Å²) in [4.78, 5) is 29.5. The molecule has 0 amide bonds. The van der Waals surface area contributed by atoms with Crippen LogP contribution in [0.1, 0.15) is 6.92 Å². The molecule has 0 spiro atoms. The van der Waals surface area contributed by atoms with Crippen LogP contribution in [0.2, 0.25) is 0 Å². The van der Waals surface area contributed by atoms with Crippen LogP contribution < -0.4 is 32.0 Å². The number of H-pyrrole nitrogens is 1. The Balaban J connectivity index is 2.10. The summed E-state index contributed by atoms with van der Waals surface area (Å²) in [5.41, 5.74) is 8.06. The Labute approximate surface area is 179 Å². The Bertz CT molecular complexity index is 1230. The van der Waals surface area contributed by atoms with E-state index >= 15 is 0 Å². The van der Waals surface area contributed by atoms with E-state index in [1.807, 2.05) is 0 Å². The minimum absolute atomic E-state index is 0.0314. The molecule has 0 unspecified atom stereocenters. The third-order valence-corrected chi connectivity index (χ3v) is 4.31. The predicted molar refractivity (Wildman–Crippen MR) is 112 cm³/mol. The van der Waals surface area contributed by atoms with Gasteiger partial charge in [0.1, 0.15) is 17.3 Å². The van der Waals surface area contributed by atoms with Crippen molar-refractivity contribution in [1.29, 1.82) is 0 Å². The number of anilines is 2. The van der Waals surface area contributed by atoms with Crippen LogP contribution in [0.15, 0.2) is 35.1 Å². The molecular weight excluding hydrogens is 428 g/mol. The van der Waals surface area contributed by atoms with Crippen LogP contribution in [-0.2, 0) is 4.79 Å². The van der Waals surface area contributed by atoms with Crippen molar-refractivity contribution >= 4 is 17.5 Å². The summed E-state index contributed by atoms with van der Waals surface area (Å²) in [5.74, 6) is 1.31. The molecule has 3 rings (SSSR count). The zero-order chi connectivity index (χ0) is 23.4. The number of benzene rings is 2.